The van der Waals surface area contributed by atoms with Crippen LogP contribution in [-0.2, 0) is 17.8 Å². The van der Waals surface area contributed by atoms with Crippen molar-refractivity contribution in [3.05, 3.63) is 125 Å². The van der Waals surface area contributed by atoms with Crippen molar-refractivity contribution >= 4 is 11.8 Å². The van der Waals surface area contributed by atoms with Crippen molar-refractivity contribution in [2.45, 2.75) is 32.2 Å². The van der Waals surface area contributed by atoms with Gasteiger partial charge in [0.2, 0.25) is 0 Å². The molecular weight excluding hydrogens is 522 g/mol. The smallest absolute Gasteiger partial charge is 0.260 e. The molecule has 0 radical (unpaired) electrons. The van der Waals surface area contributed by atoms with Gasteiger partial charge < -0.3 is 15.0 Å². The van der Waals surface area contributed by atoms with Crippen LogP contribution in [-0.4, -0.2) is 36.4 Å². The van der Waals surface area contributed by atoms with Crippen LogP contribution in [0.15, 0.2) is 103 Å². The van der Waals surface area contributed by atoms with Crippen molar-refractivity contribution < 1.29 is 14.3 Å². The number of benzene rings is 4. The van der Waals surface area contributed by atoms with Gasteiger partial charge in [0, 0.05) is 30.8 Å². The van der Waals surface area contributed by atoms with E-state index in [1.54, 1.807) is 30.3 Å². The number of carbonyl (C=O) groups excluding carboxylic acids is 2. The zero-order valence-electron chi connectivity index (χ0n) is 23.7. The van der Waals surface area contributed by atoms with E-state index < -0.39 is 0 Å². The summed E-state index contributed by atoms with van der Waals surface area (Å²) in [7, 11) is 0. The lowest BCUT2D eigenvalue weighted by Gasteiger charge is -2.32. The number of hydrogen-bond donors (Lipinski definition) is 1. The van der Waals surface area contributed by atoms with Gasteiger partial charge >= 0.3 is 0 Å². The van der Waals surface area contributed by atoms with E-state index in [9.17, 15) is 14.9 Å². The van der Waals surface area contributed by atoms with Crippen LogP contribution < -0.4 is 10.1 Å². The predicted octanol–water partition coefficient (Wildman–Crippen LogP) is 6.41. The number of piperidine rings is 1. The molecule has 0 saturated carbocycles. The second-order valence-corrected chi connectivity index (χ2v) is 10.7. The third-order valence-electron chi connectivity index (χ3n) is 7.87. The molecule has 2 amide bonds. The Hall–Kier alpha value is -4.89. The first-order chi connectivity index (χ1) is 20.6. The third-order valence-corrected chi connectivity index (χ3v) is 7.87. The first-order valence-corrected chi connectivity index (χ1v) is 14.5. The number of hydrogen-bond acceptors (Lipinski definition) is 4. The highest BCUT2D eigenvalue weighted by molar-refractivity contribution is 5.96. The molecule has 1 heterocycles. The Balaban J connectivity index is 1.21. The van der Waals surface area contributed by atoms with E-state index in [0.717, 1.165) is 49.9 Å². The molecule has 1 saturated heterocycles. The van der Waals surface area contributed by atoms with Gasteiger partial charge in [0.25, 0.3) is 11.8 Å². The Kier molecular flexibility index (Phi) is 9.64. The van der Waals surface area contributed by atoms with E-state index in [2.05, 4.69) is 35.7 Å². The SMILES string of the molecule is N#Cc1ccc(-c2cc(C(=O)NCc3ccccc3)ccc2OCC(=O)N2CCC(CCc3ccccc3)CC2)cc1. The van der Waals surface area contributed by atoms with Crippen LogP contribution in [0.3, 0.4) is 0 Å². The summed E-state index contributed by atoms with van der Waals surface area (Å²) in [6.07, 6.45) is 4.21. The van der Waals surface area contributed by atoms with E-state index in [-0.39, 0.29) is 18.4 Å². The molecule has 6 heteroatoms. The van der Waals surface area contributed by atoms with E-state index in [4.69, 9.17) is 4.74 Å². The average molecular weight is 558 g/mol. The second-order valence-electron chi connectivity index (χ2n) is 10.7. The largest absolute Gasteiger partial charge is 0.483 e. The number of aryl methyl sites for hydroxylation is 1. The minimum absolute atomic E-state index is 0.0352. The molecular formula is C36H35N3O3. The summed E-state index contributed by atoms with van der Waals surface area (Å²) in [6, 6.07) is 34.8. The number of carbonyl (C=O) groups is 2. The quantitative estimate of drug-likeness (QED) is 0.244. The molecule has 42 heavy (non-hydrogen) atoms. The van der Waals surface area contributed by atoms with Crippen LogP contribution in [0.2, 0.25) is 0 Å². The minimum Gasteiger partial charge on any atom is -0.483 e. The zero-order valence-corrected chi connectivity index (χ0v) is 23.7. The first kappa shape index (κ1) is 28.6. The van der Waals surface area contributed by atoms with Gasteiger partial charge in [-0.1, -0.05) is 72.8 Å². The van der Waals surface area contributed by atoms with Crippen LogP contribution in [0.5, 0.6) is 5.75 Å². The van der Waals surface area contributed by atoms with Crippen LogP contribution in [0.25, 0.3) is 11.1 Å². The van der Waals surface area contributed by atoms with Gasteiger partial charge in [0.05, 0.1) is 11.6 Å². The van der Waals surface area contributed by atoms with Crippen LogP contribution in [0.1, 0.15) is 46.3 Å². The van der Waals surface area contributed by atoms with Gasteiger partial charge in [0.1, 0.15) is 5.75 Å². The molecule has 1 aliphatic rings. The molecule has 0 aliphatic carbocycles. The number of likely N-dealkylation sites (tertiary alicyclic amines) is 1. The lowest BCUT2D eigenvalue weighted by atomic mass is 9.90. The molecule has 4 aromatic carbocycles. The molecule has 1 aliphatic heterocycles. The van der Waals surface area contributed by atoms with Crippen molar-refractivity contribution in [3.63, 3.8) is 0 Å². The number of nitrogens with one attached hydrogen (secondary N) is 1. The summed E-state index contributed by atoms with van der Waals surface area (Å²) >= 11 is 0. The van der Waals surface area contributed by atoms with Crippen molar-refractivity contribution in [1.82, 2.24) is 10.2 Å². The fourth-order valence-electron chi connectivity index (χ4n) is 5.34. The van der Waals surface area contributed by atoms with Crippen molar-refractivity contribution in [2.24, 2.45) is 5.92 Å². The van der Waals surface area contributed by atoms with Gasteiger partial charge in [-0.15, -0.1) is 0 Å². The van der Waals surface area contributed by atoms with Gasteiger partial charge in [-0.3, -0.25) is 9.59 Å². The molecule has 0 unspecified atom stereocenters. The number of rotatable bonds is 10. The lowest BCUT2D eigenvalue weighted by molar-refractivity contribution is -0.134. The maximum absolute atomic E-state index is 13.1. The summed E-state index contributed by atoms with van der Waals surface area (Å²) in [6.45, 7) is 1.83. The standard InChI is InChI=1S/C36H35N3O3/c37-24-29-13-15-31(16-14-29)33-23-32(36(41)38-25-30-9-5-2-6-10-30)17-18-34(33)42-26-35(40)39-21-19-28(20-22-39)12-11-27-7-3-1-4-8-27/h1-10,13-18,23,28H,11-12,19-22,25-26H2,(H,38,41). The third kappa shape index (κ3) is 7.64. The van der Waals surface area contributed by atoms with E-state index >= 15 is 0 Å². The van der Waals surface area contributed by atoms with Crippen LogP contribution in [0, 0.1) is 17.2 Å². The molecule has 5 rings (SSSR count). The Bertz CT molecular complexity index is 1520. The summed E-state index contributed by atoms with van der Waals surface area (Å²) in [4.78, 5) is 28.0. The molecule has 0 bridgehead atoms. The highest BCUT2D eigenvalue weighted by Gasteiger charge is 2.23. The van der Waals surface area contributed by atoms with Gasteiger partial charge in [-0.2, -0.15) is 5.26 Å². The van der Waals surface area contributed by atoms with E-state index in [0.29, 0.717) is 34.9 Å². The molecule has 0 spiro atoms. The molecule has 6 nitrogen and oxygen atoms in total. The van der Waals surface area contributed by atoms with Crippen molar-refractivity contribution in [3.8, 4) is 22.9 Å². The molecule has 0 atom stereocenters. The molecule has 0 aromatic heterocycles. The van der Waals surface area contributed by atoms with Gasteiger partial charge in [-0.05, 0) is 78.6 Å². The summed E-state index contributed by atoms with van der Waals surface area (Å²) in [5.74, 6) is 0.905. The summed E-state index contributed by atoms with van der Waals surface area (Å²) in [5, 5.41) is 12.2. The predicted molar refractivity (Wildman–Crippen MR) is 164 cm³/mol. The summed E-state index contributed by atoms with van der Waals surface area (Å²) in [5.41, 5.74) is 4.90. The Morgan fingerprint density at radius 2 is 1.52 bits per heavy atom. The number of nitrogens with zero attached hydrogens (tertiary/aromatic N) is 2. The Labute approximate surface area is 247 Å². The minimum atomic E-state index is -0.202. The Morgan fingerprint density at radius 3 is 2.19 bits per heavy atom. The summed E-state index contributed by atoms with van der Waals surface area (Å²) < 4.78 is 6.07. The van der Waals surface area contributed by atoms with Gasteiger partial charge in [-0.25, -0.2) is 0 Å². The fourth-order valence-corrected chi connectivity index (χ4v) is 5.34. The normalized spacial score (nSPS) is 13.3. The maximum Gasteiger partial charge on any atom is 0.260 e. The van der Waals surface area contributed by atoms with E-state index in [1.165, 1.54) is 5.56 Å². The fraction of sp³-hybridized carbons (Fsp3) is 0.250. The number of ether oxygens (including phenoxy) is 1. The Morgan fingerprint density at radius 1 is 0.857 bits per heavy atom. The molecule has 212 valence electrons. The van der Waals surface area contributed by atoms with Crippen molar-refractivity contribution in [2.75, 3.05) is 19.7 Å². The molecule has 1 N–H and O–H groups in total. The average Bonchev–Trinajstić information content (AvgIpc) is 3.06. The van der Waals surface area contributed by atoms with Gasteiger partial charge in [0.15, 0.2) is 6.61 Å². The second kappa shape index (κ2) is 14.1. The highest BCUT2D eigenvalue weighted by atomic mass is 16.5. The van der Waals surface area contributed by atoms with Crippen molar-refractivity contribution in [1.29, 1.82) is 5.26 Å². The highest BCUT2D eigenvalue weighted by Crippen LogP contribution is 2.32. The number of amides is 2. The molecule has 4 aromatic rings. The van der Waals surface area contributed by atoms with Crippen LogP contribution >= 0.6 is 0 Å². The zero-order chi connectivity index (χ0) is 29.1. The molecule has 1 fully saturated rings. The monoisotopic (exact) mass is 557 g/mol. The topological polar surface area (TPSA) is 82.4 Å². The van der Waals surface area contributed by atoms with E-state index in [1.807, 2.05) is 53.4 Å². The number of nitriles is 1. The lowest BCUT2D eigenvalue weighted by Crippen LogP contribution is -2.41. The van der Waals surface area contributed by atoms with Crippen LogP contribution in [0.4, 0.5) is 0 Å². The maximum atomic E-state index is 13.1. The first-order valence-electron chi connectivity index (χ1n) is 14.5.